The average Bonchev–Trinajstić information content (AvgIpc) is 3.21. The van der Waals surface area contributed by atoms with Gasteiger partial charge < -0.3 is 9.47 Å². The SMILES string of the molecule is COC(=O)C1CC2=CC(=O)CCC2(C)C2C(C)CC3(C)C(CC[C@@]34CCC(=O)O4)C12. The topological polar surface area (TPSA) is 69.7 Å². The number of carbonyl (C=O) groups excluding carboxylic acids is 3. The lowest BCUT2D eigenvalue weighted by Crippen LogP contribution is -2.60. The zero-order chi connectivity index (χ0) is 21.5. The van der Waals surface area contributed by atoms with Crippen molar-refractivity contribution >= 4 is 17.7 Å². The number of ketones is 1. The van der Waals surface area contributed by atoms with Gasteiger partial charge in [0.2, 0.25) is 0 Å². The number of esters is 2. The van der Waals surface area contributed by atoms with Crippen molar-refractivity contribution in [2.24, 2.45) is 40.4 Å². The van der Waals surface area contributed by atoms with Crippen LogP contribution in [0.3, 0.4) is 0 Å². The molecule has 5 rings (SSSR count). The van der Waals surface area contributed by atoms with Crippen LogP contribution in [0, 0.1) is 40.4 Å². The van der Waals surface area contributed by atoms with Crippen LogP contribution in [0.25, 0.3) is 0 Å². The van der Waals surface area contributed by atoms with Crippen LogP contribution in [0.4, 0.5) is 0 Å². The molecular formula is C25H34O5. The fourth-order valence-corrected chi connectivity index (χ4v) is 8.91. The molecule has 0 bridgehead atoms. The number of hydrogen-bond acceptors (Lipinski definition) is 5. The molecule has 5 nitrogen and oxygen atoms in total. The van der Waals surface area contributed by atoms with Gasteiger partial charge in [-0.1, -0.05) is 26.3 Å². The molecule has 0 radical (unpaired) electrons. The molecule has 3 saturated carbocycles. The Labute approximate surface area is 178 Å². The Morgan fingerprint density at radius 2 is 1.93 bits per heavy atom. The van der Waals surface area contributed by atoms with E-state index in [0.29, 0.717) is 37.0 Å². The van der Waals surface area contributed by atoms with Crippen LogP contribution in [0.5, 0.6) is 0 Å². The molecule has 5 aliphatic rings. The van der Waals surface area contributed by atoms with Crippen molar-refractivity contribution in [3.8, 4) is 0 Å². The lowest BCUT2D eigenvalue weighted by Gasteiger charge is -2.62. The molecule has 0 N–H and O–H groups in total. The number of methoxy groups -OCH3 is 1. The van der Waals surface area contributed by atoms with Crippen molar-refractivity contribution in [2.45, 2.75) is 77.7 Å². The third-order valence-corrected chi connectivity index (χ3v) is 10.1. The van der Waals surface area contributed by atoms with E-state index in [-0.39, 0.29) is 46.0 Å². The predicted octanol–water partition coefficient (Wildman–Crippen LogP) is 4.24. The second-order valence-electron chi connectivity index (χ2n) is 11.2. The molecule has 4 fully saturated rings. The fourth-order valence-electron chi connectivity index (χ4n) is 8.91. The largest absolute Gasteiger partial charge is 0.469 e. The standard InChI is InChI=1S/C25H34O5/c1-14-13-24(3)18(6-9-25(24)10-7-19(27)30-25)20-17(22(28)29-4)12-15-11-16(26)5-8-23(15,2)21(14)20/h11,14,17-18,20-21H,5-10,12-13H2,1-4H3/t14?,17?,18?,20?,21?,23?,24?,25-/m1/s1. The van der Waals surface area contributed by atoms with Crippen LogP contribution in [-0.4, -0.2) is 30.4 Å². The van der Waals surface area contributed by atoms with Crippen molar-refractivity contribution in [3.63, 3.8) is 0 Å². The van der Waals surface area contributed by atoms with E-state index in [1.54, 1.807) is 0 Å². The minimum atomic E-state index is -0.367. The van der Waals surface area contributed by atoms with Crippen molar-refractivity contribution < 1.29 is 23.9 Å². The van der Waals surface area contributed by atoms with Crippen LogP contribution in [0.2, 0.25) is 0 Å². The lowest BCUT2D eigenvalue weighted by molar-refractivity contribution is -0.185. The minimum Gasteiger partial charge on any atom is -0.469 e. The van der Waals surface area contributed by atoms with Crippen LogP contribution in [0.1, 0.15) is 72.1 Å². The third kappa shape index (κ3) is 2.44. The maximum atomic E-state index is 13.0. The molecule has 0 aromatic rings. The Morgan fingerprint density at radius 3 is 2.60 bits per heavy atom. The molecule has 1 heterocycles. The molecule has 30 heavy (non-hydrogen) atoms. The summed E-state index contributed by atoms with van der Waals surface area (Å²) in [7, 11) is 1.48. The van der Waals surface area contributed by atoms with Crippen molar-refractivity contribution in [3.05, 3.63) is 11.6 Å². The summed E-state index contributed by atoms with van der Waals surface area (Å²) in [5, 5.41) is 0. The van der Waals surface area contributed by atoms with Crippen molar-refractivity contribution in [1.82, 2.24) is 0 Å². The Balaban J connectivity index is 1.62. The normalized spacial score (nSPS) is 49.7. The first-order valence-electron chi connectivity index (χ1n) is 11.7. The van der Waals surface area contributed by atoms with Gasteiger partial charge >= 0.3 is 11.9 Å². The van der Waals surface area contributed by atoms with Crippen LogP contribution in [0.15, 0.2) is 11.6 Å². The second kappa shape index (κ2) is 6.43. The van der Waals surface area contributed by atoms with Gasteiger partial charge in [0, 0.05) is 18.3 Å². The van der Waals surface area contributed by atoms with Gasteiger partial charge in [0.05, 0.1) is 13.0 Å². The van der Waals surface area contributed by atoms with Gasteiger partial charge in [0.25, 0.3) is 0 Å². The van der Waals surface area contributed by atoms with E-state index in [2.05, 4.69) is 20.8 Å². The van der Waals surface area contributed by atoms with Crippen molar-refractivity contribution in [1.29, 1.82) is 0 Å². The Bertz CT molecular complexity index is 844. The van der Waals surface area contributed by atoms with Gasteiger partial charge in [-0.3, -0.25) is 14.4 Å². The molecule has 4 aliphatic carbocycles. The highest BCUT2D eigenvalue weighted by atomic mass is 16.6. The summed E-state index contributed by atoms with van der Waals surface area (Å²) in [5.41, 5.74) is 0.652. The first kappa shape index (κ1) is 20.3. The molecule has 0 aromatic carbocycles. The van der Waals surface area contributed by atoms with E-state index in [1.165, 1.54) is 7.11 Å². The van der Waals surface area contributed by atoms with Gasteiger partial charge in [0.15, 0.2) is 5.78 Å². The summed E-state index contributed by atoms with van der Waals surface area (Å²) in [5.74, 6) is 1.04. The van der Waals surface area contributed by atoms with Crippen LogP contribution < -0.4 is 0 Å². The molecule has 0 amide bonds. The maximum Gasteiger partial charge on any atom is 0.309 e. The van der Waals surface area contributed by atoms with Crippen molar-refractivity contribution in [2.75, 3.05) is 7.11 Å². The number of rotatable bonds is 1. The lowest BCUT2D eigenvalue weighted by atomic mass is 9.41. The monoisotopic (exact) mass is 414 g/mol. The number of carbonyl (C=O) groups is 3. The Kier molecular flexibility index (Phi) is 4.34. The molecule has 1 saturated heterocycles. The number of allylic oxidation sites excluding steroid dienone is 1. The quantitative estimate of drug-likeness (QED) is 0.600. The summed E-state index contributed by atoms with van der Waals surface area (Å²) in [4.78, 5) is 37.4. The van der Waals surface area contributed by atoms with E-state index in [1.807, 2.05) is 6.08 Å². The van der Waals surface area contributed by atoms with Crippen LogP contribution in [-0.2, 0) is 23.9 Å². The zero-order valence-corrected chi connectivity index (χ0v) is 18.7. The van der Waals surface area contributed by atoms with E-state index in [0.717, 1.165) is 37.7 Å². The van der Waals surface area contributed by atoms with Crippen LogP contribution >= 0.6 is 0 Å². The summed E-state index contributed by atoms with van der Waals surface area (Å²) in [6.07, 6.45) is 8.18. The maximum absolute atomic E-state index is 13.0. The van der Waals surface area contributed by atoms with Gasteiger partial charge in [-0.15, -0.1) is 0 Å². The summed E-state index contributed by atoms with van der Waals surface area (Å²) in [6, 6.07) is 0. The summed E-state index contributed by atoms with van der Waals surface area (Å²) in [6.45, 7) is 6.97. The molecular weight excluding hydrogens is 380 g/mol. The summed E-state index contributed by atoms with van der Waals surface area (Å²) >= 11 is 0. The molecule has 8 atom stereocenters. The molecule has 164 valence electrons. The number of ether oxygens (including phenoxy) is 2. The van der Waals surface area contributed by atoms with Gasteiger partial charge in [0.1, 0.15) is 5.60 Å². The summed E-state index contributed by atoms with van der Waals surface area (Å²) < 4.78 is 11.4. The van der Waals surface area contributed by atoms with E-state index in [9.17, 15) is 14.4 Å². The highest BCUT2D eigenvalue weighted by Crippen LogP contribution is 2.71. The van der Waals surface area contributed by atoms with E-state index >= 15 is 0 Å². The highest BCUT2D eigenvalue weighted by Gasteiger charge is 2.70. The van der Waals surface area contributed by atoms with Gasteiger partial charge in [-0.2, -0.15) is 0 Å². The Morgan fingerprint density at radius 1 is 1.17 bits per heavy atom. The first-order chi connectivity index (χ1) is 14.1. The number of fused-ring (bicyclic) bond motifs is 6. The first-order valence-corrected chi connectivity index (χ1v) is 11.7. The zero-order valence-electron chi connectivity index (χ0n) is 18.7. The second-order valence-corrected chi connectivity index (χ2v) is 11.2. The molecule has 7 unspecified atom stereocenters. The predicted molar refractivity (Wildman–Crippen MR) is 110 cm³/mol. The molecule has 0 aromatic heterocycles. The van der Waals surface area contributed by atoms with Gasteiger partial charge in [-0.05, 0) is 73.7 Å². The van der Waals surface area contributed by atoms with E-state index < -0.39 is 0 Å². The number of hydrogen-bond donors (Lipinski definition) is 0. The highest BCUT2D eigenvalue weighted by molar-refractivity contribution is 5.92. The molecule has 1 aliphatic heterocycles. The minimum absolute atomic E-state index is 0.0358. The fraction of sp³-hybridized carbons (Fsp3) is 0.800. The van der Waals surface area contributed by atoms with Gasteiger partial charge in [-0.25, -0.2) is 0 Å². The average molecular weight is 415 g/mol. The Hall–Kier alpha value is -1.65. The smallest absolute Gasteiger partial charge is 0.309 e. The van der Waals surface area contributed by atoms with E-state index in [4.69, 9.17) is 9.47 Å². The molecule has 1 spiro atoms. The molecule has 5 heteroatoms. The third-order valence-electron chi connectivity index (χ3n) is 10.1.